The number of benzene rings is 2. The Morgan fingerprint density at radius 3 is 2.47 bits per heavy atom. The summed E-state index contributed by atoms with van der Waals surface area (Å²) in [4.78, 5) is 17.7. The van der Waals surface area contributed by atoms with Crippen molar-refractivity contribution in [1.82, 2.24) is 24.6 Å². The van der Waals surface area contributed by atoms with E-state index in [-0.39, 0.29) is 5.91 Å². The van der Waals surface area contributed by atoms with Crippen molar-refractivity contribution in [2.24, 2.45) is 0 Å². The van der Waals surface area contributed by atoms with Crippen LogP contribution in [0.1, 0.15) is 34.2 Å². The van der Waals surface area contributed by atoms with Crippen LogP contribution in [0.25, 0.3) is 0 Å². The molecule has 7 nitrogen and oxygen atoms in total. The molecule has 3 aromatic rings. The van der Waals surface area contributed by atoms with Gasteiger partial charge in [0.25, 0.3) is 5.91 Å². The monoisotopic (exact) mass is 479 g/mol. The lowest BCUT2D eigenvalue weighted by Crippen LogP contribution is -2.48. The lowest BCUT2D eigenvalue weighted by atomic mass is 10.1. The molecule has 0 bridgehead atoms. The third kappa shape index (κ3) is 6.05. The molecule has 1 aliphatic heterocycles. The van der Waals surface area contributed by atoms with E-state index in [0.29, 0.717) is 18.9 Å². The van der Waals surface area contributed by atoms with Gasteiger partial charge in [-0.25, -0.2) is 0 Å². The van der Waals surface area contributed by atoms with E-state index in [0.717, 1.165) is 61.3 Å². The third-order valence-electron chi connectivity index (χ3n) is 6.23. The van der Waals surface area contributed by atoms with Gasteiger partial charge in [-0.1, -0.05) is 67.2 Å². The smallest absolute Gasteiger partial charge is 0.254 e. The molecule has 1 fully saturated rings. The van der Waals surface area contributed by atoms with Crippen molar-refractivity contribution in [3.05, 3.63) is 77.1 Å². The number of aromatic nitrogens is 3. The molecule has 1 aromatic heterocycles. The summed E-state index contributed by atoms with van der Waals surface area (Å²) in [6.45, 7) is 7.91. The molecular weight excluding hydrogens is 446 g/mol. The van der Waals surface area contributed by atoms with Crippen LogP contribution in [0.15, 0.2) is 59.8 Å². The van der Waals surface area contributed by atoms with Crippen LogP contribution < -0.4 is 0 Å². The lowest BCUT2D eigenvalue weighted by Gasteiger charge is -2.34. The van der Waals surface area contributed by atoms with Crippen LogP contribution in [-0.4, -0.2) is 76.9 Å². The average molecular weight is 480 g/mol. The highest BCUT2D eigenvalue weighted by atomic mass is 32.2. The summed E-state index contributed by atoms with van der Waals surface area (Å²) in [5.41, 5.74) is 3.01. The van der Waals surface area contributed by atoms with E-state index in [2.05, 4.69) is 38.7 Å². The first-order valence-corrected chi connectivity index (χ1v) is 12.9. The number of carbonyl (C=O) groups is 1. The molecule has 0 spiro atoms. The van der Waals surface area contributed by atoms with Crippen molar-refractivity contribution in [2.45, 2.75) is 30.8 Å². The van der Waals surface area contributed by atoms with Gasteiger partial charge >= 0.3 is 0 Å². The number of hydrogen-bond donors (Lipinski definition) is 0. The Hall–Kier alpha value is -2.68. The number of thioether (sulfide) groups is 1. The van der Waals surface area contributed by atoms with Crippen molar-refractivity contribution in [3.8, 4) is 0 Å². The summed E-state index contributed by atoms with van der Waals surface area (Å²) in [7, 11) is 1.70. The summed E-state index contributed by atoms with van der Waals surface area (Å²) < 4.78 is 7.47. The van der Waals surface area contributed by atoms with E-state index in [1.807, 2.05) is 47.4 Å². The summed E-state index contributed by atoms with van der Waals surface area (Å²) in [5, 5.41) is 9.81. The molecule has 180 valence electrons. The maximum absolute atomic E-state index is 13.3. The molecule has 2 aromatic carbocycles. The second-order valence-corrected chi connectivity index (χ2v) is 9.32. The first-order chi connectivity index (χ1) is 16.7. The molecular formula is C26H33N5O2S. The second kappa shape index (κ2) is 12.1. The first kappa shape index (κ1) is 24.4. The Morgan fingerprint density at radius 1 is 1.00 bits per heavy atom. The van der Waals surface area contributed by atoms with E-state index >= 15 is 0 Å². The number of nitrogens with zero attached hydrogens (tertiary/aromatic N) is 5. The van der Waals surface area contributed by atoms with Gasteiger partial charge in [-0.3, -0.25) is 4.79 Å². The molecule has 2 heterocycles. The Labute approximate surface area is 206 Å². The second-order valence-electron chi connectivity index (χ2n) is 8.38. The molecule has 0 radical (unpaired) electrons. The minimum absolute atomic E-state index is 0.123. The zero-order valence-electron chi connectivity index (χ0n) is 20.0. The molecule has 1 saturated heterocycles. The van der Waals surface area contributed by atoms with Crippen molar-refractivity contribution in [2.75, 3.05) is 46.4 Å². The summed E-state index contributed by atoms with van der Waals surface area (Å²) >= 11 is 1.62. The van der Waals surface area contributed by atoms with Crippen LogP contribution in [0.2, 0.25) is 0 Å². The van der Waals surface area contributed by atoms with Gasteiger partial charge in [-0.15, -0.1) is 10.2 Å². The standard InChI is InChI=1S/C26H33N5O2S/c1-3-29-13-15-30(16-14-29)25(32)23-12-8-7-11-22(23)20-34-26-28-27-24(31(26)17-18-33-2)19-21-9-5-4-6-10-21/h4-12H,3,13-20H2,1-2H3. The molecule has 4 rings (SSSR count). The van der Waals surface area contributed by atoms with E-state index in [4.69, 9.17) is 4.74 Å². The largest absolute Gasteiger partial charge is 0.383 e. The molecule has 34 heavy (non-hydrogen) atoms. The van der Waals surface area contributed by atoms with Crippen LogP contribution >= 0.6 is 11.8 Å². The Morgan fingerprint density at radius 2 is 1.74 bits per heavy atom. The number of piperazine rings is 1. The van der Waals surface area contributed by atoms with Crippen molar-refractivity contribution in [3.63, 3.8) is 0 Å². The van der Waals surface area contributed by atoms with E-state index < -0.39 is 0 Å². The van der Waals surface area contributed by atoms with Crippen LogP contribution in [0.3, 0.4) is 0 Å². The number of amides is 1. The predicted octanol–water partition coefficient (Wildman–Crippen LogP) is 3.59. The summed E-state index contributed by atoms with van der Waals surface area (Å²) in [5.74, 6) is 1.70. The lowest BCUT2D eigenvalue weighted by molar-refractivity contribution is 0.0642. The van der Waals surface area contributed by atoms with Gasteiger partial charge in [0.15, 0.2) is 5.16 Å². The highest BCUT2D eigenvalue weighted by Gasteiger charge is 2.23. The molecule has 0 aliphatic carbocycles. The Bertz CT molecular complexity index is 1060. The Balaban J connectivity index is 1.48. The normalized spacial score (nSPS) is 14.5. The van der Waals surface area contributed by atoms with Gasteiger partial charge in [0.1, 0.15) is 5.82 Å². The number of hydrogen-bond acceptors (Lipinski definition) is 6. The van der Waals surface area contributed by atoms with E-state index in [1.54, 1.807) is 18.9 Å². The Kier molecular flexibility index (Phi) is 8.73. The van der Waals surface area contributed by atoms with Gasteiger partial charge in [0.2, 0.25) is 0 Å². The number of rotatable bonds is 10. The highest BCUT2D eigenvalue weighted by molar-refractivity contribution is 7.98. The van der Waals surface area contributed by atoms with Gasteiger partial charge in [0.05, 0.1) is 6.61 Å². The fraction of sp³-hybridized carbons (Fsp3) is 0.423. The maximum Gasteiger partial charge on any atom is 0.254 e. The number of ether oxygens (including phenoxy) is 1. The fourth-order valence-corrected chi connectivity index (χ4v) is 5.16. The average Bonchev–Trinajstić information content (AvgIpc) is 3.27. The molecule has 0 saturated carbocycles. The topological polar surface area (TPSA) is 63.5 Å². The SMILES string of the molecule is CCN1CCN(C(=O)c2ccccc2CSc2nnc(Cc3ccccc3)n2CCOC)CC1. The number of carbonyl (C=O) groups excluding carboxylic acids is 1. The molecule has 0 atom stereocenters. The summed E-state index contributed by atoms with van der Waals surface area (Å²) in [6.07, 6.45) is 0.719. The van der Waals surface area contributed by atoms with Gasteiger partial charge < -0.3 is 19.1 Å². The molecule has 8 heteroatoms. The van der Waals surface area contributed by atoms with E-state index in [9.17, 15) is 4.79 Å². The van der Waals surface area contributed by atoms with Crippen molar-refractivity contribution >= 4 is 17.7 Å². The van der Waals surface area contributed by atoms with Gasteiger partial charge in [-0.05, 0) is 23.7 Å². The van der Waals surface area contributed by atoms with Crippen LogP contribution in [-0.2, 0) is 23.5 Å². The predicted molar refractivity (Wildman–Crippen MR) is 135 cm³/mol. The van der Waals surface area contributed by atoms with Crippen LogP contribution in [0.5, 0.6) is 0 Å². The zero-order chi connectivity index (χ0) is 23.8. The zero-order valence-corrected chi connectivity index (χ0v) is 20.8. The quantitative estimate of drug-likeness (QED) is 0.414. The van der Waals surface area contributed by atoms with E-state index in [1.165, 1.54) is 5.56 Å². The minimum atomic E-state index is 0.123. The highest BCUT2D eigenvalue weighted by Crippen LogP contribution is 2.25. The van der Waals surface area contributed by atoms with Gasteiger partial charge in [-0.2, -0.15) is 0 Å². The number of methoxy groups -OCH3 is 1. The van der Waals surface area contributed by atoms with Crippen molar-refractivity contribution in [1.29, 1.82) is 0 Å². The molecule has 1 amide bonds. The first-order valence-electron chi connectivity index (χ1n) is 11.9. The fourth-order valence-electron chi connectivity index (χ4n) is 4.18. The van der Waals surface area contributed by atoms with Crippen molar-refractivity contribution < 1.29 is 9.53 Å². The van der Waals surface area contributed by atoms with Crippen LogP contribution in [0.4, 0.5) is 0 Å². The maximum atomic E-state index is 13.3. The molecule has 0 N–H and O–H groups in total. The van der Waals surface area contributed by atoms with Gasteiger partial charge in [0, 0.05) is 57.6 Å². The summed E-state index contributed by atoms with van der Waals surface area (Å²) in [6, 6.07) is 18.2. The molecule has 1 aliphatic rings. The number of likely N-dealkylation sites (N-methyl/N-ethyl adjacent to an activating group) is 1. The van der Waals surface area contributed by atoms with Crippen LogP contribution in [0, 0.1) is 0 Å². The molecule has 0 unspecified atom stereocenters. The minimum Gasteiger partial charge on any atom is -0.383 e. The third-order valence-corrected chi connectivity index (χ3v) is 7.24.